The van der Waals surface area contributed by atoms with E-state index in [-0.39, 0.29) is 5.78 Å². The highest BCUT2D eigenvalue weighted by molar-refractivity contribution is 5.92. The standard InChI is InChI=1S/C12H13N3O/c1-9(16)11-8-14-12(15-11)13-7-10-5-3-2-4-6-10/h2-6,8H,7H2,1H3,(H2,13,14,15). The van der Waals surface area contributed by atoms with E-state index in [1.54, 1.807) is 0 Å². The van der Waals surface area contributed by atoms with Crippen LogP contribution in [0.2, 0.25) is 0 Å². The van der Waals surface area contributed by atoms with Crippen molar-refractivity contribution in [1.82, 2.24) is 9.97 Å². The van der Waals surface area contributed by atoms with Gasteiger partial charge in [-0.25, -0.2) is 4.98 Å². The summed E-state index contributed by atoms with van der Waals surface area (Å²) in [5, 5.41) is 3.12. The predicted molar refractivity (Wildman–Crippen MR) is 62.4 cm³/mol. The normalized spacial score (nSPS) is 10.1. The van der Waals surface area contributed by atoms with Crippen LogP contribution in [0.15, 0.2) is 36.5 Å². The molecular formula is C12H13N3O. The fraction of sp³-hybridized carbons (Fsp3) is 0.167. The molecule has 0 unspecified atom stereocenters. The Morgan fingerprint density at radius 2 is 2.12 bits per heavy atom. The highest BCUT2D eigenvalue weighted by atomic mass is 16.1. The number of nitrogens with zero attached hydrogens (tertiary/aromatic N) is 1. The van der Waals surface area contributed by atoms with Crippen molar-refractivity contribution in [2.24, 2.45) is 0 Å². The van der Waals surface area contributed by atoms with Gasteiger partial charge in [-0.2, -0.15) is 0 Å². The summed E-state index contributed by atoms with van der Waals surface area (Å²) in [6, 6.07) is 10.0. The summed E-state index contributed by atoms with van der Waals surface area (Å²) in [7, 11) is 0. The number of nitrogens with one attached hydrogen (secondary N) is 2. The smallest absolute Gasteiger partial charge is 0.200 e. The van der Waals surface area contributed by atoms with Gasteiger partial charge in [0.2, 0.25) is 5.95 Å². The number of aromatic nitrogens is 2. The first-order chi connectivity index (χ1) is 7.75. The molecule has 0 aliphatic carbocycles. The van der Waals surface area contributed by atoms with Crippen molar-refractivity contribution in [2.75, 3.05) is 5.32 Å². The summed E-state index contributed by atoms with van der Waals surface area (Å²) in [4.78, 5) is 18.0. The third-order valence-electron chi connectivity index (χ3n) is 2.26. The number of carbonyl (C=O) groups excluding carboxylic acids is 1. The average molecular weight is 215 g/mol. The van der Waals surface area contributed by atoms with Crippen LogP contribution in [0.25, 0.3) is 0 Å². The van der Waals surface area contributed by atoms with E-state index in [4.69, 9.17) is 0 Å². The Morgan fingerprint density at radius 1 is 1.38 bits per heavy atom. The average Bonchev–Trinajstić information content (AvgIpc) is 2.76. The van der Waals surface area contributed by atoms with Crippen LogP contribution in [0.4, 0.5) is 5.95 Å². The number of carbonyl (C=O) groups is 1. The Hall–Kier alpha value is -2.10. The molecule has 0 saturated heterocycles. The topological polar surface area (TPSA) is 57.8 Å². The number of hydrogen-bond donors (Lipinski definition) is 2. The first-order valence-corrected chi connectivity index (χ1v) is 5.09. The third-order valence-corrected chi connectivity index (χ3v) is 2.26. The second-order valence-corrected chi connectivity index (χ2v) is 3.54. The minimum absolute atomic E-state index is 0.0136. The van der Waals surface area contributed by atoms with Gasteiger partial charge in [-0.05, 0) is 5.56 Å². The van der Waals surface area contributed by atoms with Gasteiger partial charge in [-0.3, -0.25) is 4.79 Å². The van der Waals surface area contributed by atoms with E-state index in [0.717, 1.165) is 0 Å². The van der Waals surface area contributed by atoms with E-state index in [9.17, 15) is 4.79 Å². The largest absolute Gasteiger partial charge is 0.352 e. The zero-order chi connectivity index (χ0) is 11.4. The maximum Gasteiger partial charge on any atom is 0.200 e. The van der Waals surface area contributed by atoms with Gasteiger partial charge in [0.05, 0.1) is 6.20 Å². The molecule has 2 rings (SSSR count). The lowest BCUT2D eigenvalue weighted by atomic mass is 10.2. The molecule has 4 nitrogen and oxygen atoms in total. The lowest BCUT2D eigenvalue weighted by Gasteiger charge is -2.02. The maximum absolute atomic E-state index is 11.0. The summed E-state index contributed by atoms with van der Waals surface area (Å²) < 4.78 is 0. The van der Waals surface area contributed by atoms with Crippen molar-refractivity contribution in [3.63, 3.8) is 0 Å². The number of aromatic amines is 1. The molecular weight excluding hydrogens is 202 g/mol. The summed E-state index contributed by atoms with van der Waals surface area (Å²) in [5.41, 5.74) is 1.69. The molecule has 1 heterocycles. The van der Waals surface area contributed by atoms with Crippen molar-refractivity contribution < 1.29 is 4.79 Å². The fourth-order valence-corrected chi connectivity index (χ4v) is 1.37. The molecule has 0 bridgehead atoms. The molecule has 0 aliphatic heterocycles. The van der Waals surface area contributed by atoms with Gasteiger partial charge in [-0.1, -0.05) is 30.3 Å². The minimum atomic E-state index is -0.0136. The van der Waals surface area contributed by atoms with Gasteiger partial charge in [-0.15, -0.1) is 0 Å². The van der Waals surface area contributed by atoms with Gasteiger partial charge >= 0.3 is 0 Å². The predicted octanol–water partition coefficient (Wildman–Crippen LogP) is 2.22. The second kappa shape index (κ2) is 4.61. The molecule has 16 heavy (non-hydrogen) atoms. The van der Waals surface area contributed by atoms with E-state index < -0.39 is 0 Å². The molecule has 0 fully saturated rings. The number of H-pyrrole nitrogens is 1. The van der Waals surface area contributed by atoms with Crippen LogP contribution in [0.3, 0.4) is 0 Å². The summed E-state index contributed by atoms with van der Waals surface area (Å²) >= 11 is 0. The maximum atomic E-state index is 11.0. The van der Waals surface area contributed by atoms with Crippen molar-refractivity contribution in [3.05, 3.63) is 47.8 Å². The van der Waals surface area contributed by atoms with E-state index in [1.807, 2.05) is 30.3 Å². The number of rotatable bonds is 4. The van der Waals surface area contributed by atoms with Crippen LogP contribution in [0.1, 0.15) is 23.0 Å². The van der Waals surface area contributed by atoms with Crippen molar-refractivity contribution in [3.8, 4) is 0 Å². The fourth-order valence-electron chi connectivity index (χ4n) is 1.37. The van der Waals surface area contributed by atoms with Crippen LogP contribution in [0, 0.1) is 0 Å². The quantitative estimate of drug-likeness (QED) is 0.769. The molecule has 0 saturated carbocycles. The first kappa shape index (κ1) is 10.4. The Kier molecular flexibility index (Phi) is 3.00. The molecule has 4 heteroatoms. The van der Waals surface area contributed by atoms with Crippen molar-refractivity contribution >= 4 is 11.7 Å². The molecule has 0 spiro atoms. The molecule has 0 radical (unpaired) electrons. The van der Waals surface area contributed by atoms with Crippen LogP contribution in [-0.4, -0.2) is 15.8 Å². The Morgan fingerprint density at radius 3 is 2.75 bits per heavy atom. The number of benzene rings is 1. The monoisotopic (exact) mass is 215 g/mol. The number of ketones is 1. The number of Topliss-reactive ketones (excluding diaryl/α,β-unsaturated/α-hetero) is 1. The van der Waals surface area contributed by atoms with Crippen LogP contribution >= 0.6 is 0 Å². The van der Waals surface area contributed by atoms with Crippen LogP contribution < -0.4 is 5.32 Å². The number of imidazole rings is 1. The van der Waals surface area contributed by atoms with Gasteiger partial charge in [0.15, 0.2) is 5.78 Å². The minimum Gasteiger partial charge on any atom is -0.352 e. The Bertz CT molecular complexity index is 476. The van der Waals surface area contributed by atoms with Gasteiger partial charge < -0.3 is 10.3 Å². The molecule has 0 amide bonds. The highest BCUT2D eigenvalue weighted by Crippen LogP contribution is 2.05. The summed E-state index contributed by atoms with van der Waals surface area (Å²) in [6.45, 7) is 2.19. The zero-order valence-electron chi connectivity index (χ0n) is 9.03. The lowest BCUT2D eigenvalue weighted by Crippen LogP contribution is -2.01. The molecule has 2 N–H and O–H groups in total. The highest BCUT2D eigenvalue weighted by Gasteiger charge is 2.03. The van der Waals surface area contributed by atoms with Crippen LogP contribution in [-0.2, 0) is 6.54 Å². The lowest BCUT2D eigenvalue weighted by molar-refractivity contribution is 0.101. The Balaban J connectivity index is 1.97. The molecule has 2 aromatic rings. The molecule has 0 aliphatic rings. The van der Waals surface area contributed by atoms with Gasteiger partial charge in [0.25, 0.3) is 0 Å². The van der Waals surface area contributed by atoms with Gasteiger partial charge in [0.1, 0.15) is 5.69 Å². The van der Waals surface area contributed by atoms with Crippen molar-refractivity contribution in [2.45, 2.75) is 13.5 Å². The van der Waals surface area contributed by atoms with E-state index >= 15 is 0 Å². The van der Waals surface area contributed by atoms with E-state index in [2.05, 4.69) is 15.3 Å². The molecule has 0 atom stereocenters. The van der Waals surface area contributed by atoms with E-state index in [0.29, 0.717) is 18.2 Å². The zero-order valence-corrected chi connectivity index (χ0v) is 9.03. The Labute approximate surface area is 93.7 Å². The van der Waals surface area contributed by atoms with E-state index in [1.165, 1.54) is 18.7 Å². The molecule has 1 aromatic carbocycles. The SMILES string of the molecule is CC(=O)c1cnc(NCc2ccccc2)[nH]1. The van der Waals surface area contributed by atoms with Crippen LogP contribution in [0.5, 0.6) is 0 Å². The second-order valence-electron chi connectivity index (χ2n) is 3.54. The summed E-state index contributed by atoms with van der Waals surface area (Å²) in [5.74, 6) is 0.606. The van der Waals surface area contributed by atoms with Gasteiger partial charge in [0, 0.05) is 13.5 Å². The van der Waals surface area contributed by atoms with Crippen molar-refractivity contribution in [1.29, 1.82) is 0 Å². The molecule has 1 aromatic heterocycles. The summed E-state index contributed by atoms with van der Waals surface area (Å²) in [6.07, 6.45) is 1.54. The first-order valence-electron chi connectivity index (χ1n) is 5.09. The number of anilines is 1. The molecule has 82 valence electrons. The third kappa shape index (κ3) is 2.48. The number of hydrogen-bond acceptors (Lipinski definition) is 3.